The van der Waals surface area contributed by atoms with E-state index in [2.05, 4.69) is 105 Å². The first-order valence-electron chi connectivity index (χ1n) is 10.6. The number of aliphatic hydroxyl groups is 1. The van der Waals surface area contributed by atoms with Crippen molar-refractivity contribution in [1.29, 1.82) is 0 Å². The van der Waals surface area contributed by atoms with Crippen molar-refractivity contribution < 1.29 is 5.11 Å². The van der Waals surface area contributed by atoms with Gasteiger partial charge in [-0.05, 0) is 43.5 Å². The Balaban J connectivity index is 1.98. The molecule has 0 fully saturated rings. The molecule has 0 radical (unpaired) electrons. The SMILES string of the molecule is CC[C@H](O)C(C[C@@H](C)N(C)Cc1ccccc1)(c1ccccc1)c1ccccc1. The van der Waals surface area contributed by atoms with E-state index >= 15 is 0 Å². The summed E-state index contributed by atoms with van der Waals surface area (Å²) >= 11 is 0. The second-order valence-electron chi connectivity index (χ2n) is 8.08. The van der Waals surface area contributed by atoms with Crippen LogP contribution in [0.3, 0.4) is 0 Å². The van der Waals surface area contributed by atoms with E-state index in [0.29, 0.717) is 6.42 Å². The number of aliphatic hydroxyl groups excluding tert-OH is 1. The van der Waals surface area contributed by atoms with E-state index in [4.69, 9.17) is 0 Å². The van der Waals surface area contributed by atoms with Crippen LogP contribution < -0.4 is 0 Å². The molecule has 0 aliphatic carbocycles. The second-order valence-corrected chi connectivity index (χ2v) is 8.08. The molecule has 3 aromatic rings. The van der Waals surface area contributed by atoms with Gasteiger partial charge in [0.15, 0.2) is 0 Å². The fourth-order valence-electron chi connectivity index (χ4n) is 4.39. The minimum Gasteiger partial charge on any atom is -0.392 e. The predicted octanol–water partition coefficient (Wildman–Crippen LogP) is 5.65. The fraction of sp³-hybridized carbons (Fsp3) is 0.333. The smallest absolute Gasteiger partial charge is 0.0675 e. The van der Waals surface area contributed by atoms with Gasteiger partial charge in [-0.2, -0.15) is 0 Å². The van der Waals surface area contributed by atoms with Crippen LogP contribution in [0.15, 0.2) is 91.0 Å². The van der Waals surface area contributed by atoms with Crippen molar-refractivity contribution in [2.24, 2.45) is 0 Å². The summed E-state index contributed by atoms with van der Waals surface area (Å²) in [6.45, 7) is 5.24. The first-order chi connectivity index (χ1) is 14.1. The van der Waals surface area contributed by atoms with Crippen molar-refractivity contribution in [3.63, 3.8) is 0 Å². The van der Waals surface area contributed by atoms with E-state index in [1.54, 1.807) is 0 Å². The summed E-state index contributed by atoms with van der Waals surface area (Å²) in [6.07, 6.45) is 1.10. The van der Waals surface area contributed by atoms with Gasteiger partial charge in [-0.15, -0.1) is 0 Å². The number of nitrogens with zero attached hydrogens (tertiary/aromatic N) is 1. The van der Waals surface area contributed by atoms with Gasteiger partial charge in [0, 0.05) is 18.0 Å². The average Bonchev–Trinajstić information content (AvgIpc) is 2.78. The third-order valence-corrected chi connectivity index (χ3v) is 6.18. The topological polar surface area (TPSA) is 23.5 Å². The van der Waals surface area contributed by atoms with Crippen LogP contribution in [0, 0.1) is 0 Å². The predicted molar refractivity (Wildman–Crippen MR) is 122 cm³/mol. The Labute approximate surface area is 175 Å². The molecule has 0 heterocycles. The fourth-order valence-corrected chi connectivity index (χ4v) is 4.39. The molecule has 0 aromatic heterocycles. The highest BCUT2D eigenvalue weighted by Crippen LogP contribution is 2.42. The Morgan fingerprint density at radius 3 is 1.69 bits per heavy atom. The maximum Gasteiger partial charge on any atom is 0.0675 e. The monoisotopic (exact) mass is 387 g/mol. The van der Waals surface area contributed by atoms with Crippen LogP contribution in [0.5, 0.6) is 0 Å². The minimum atomic E-state index is -0.458. The minimum absolute atomic E-state index is 0.289. The van der Waals surface area contributed by atoms with Crippen molar-refractivity contribution in [3.05, 3.63) is 108 Å². The lowest BCUT2D eigenvalue weighted by Gasteiger charge is -2.43. The van der Waals surface area contributed by atoms with Gasteiger partial charge >= 0.3 is 0 Å². The van der Waals surface area contributed by atoms with Gasteiger partial charge in [-0.3, -0.25) is 4.90 Å². The largest absolute Gasteiger partial charge is 0.392 e. The van der Waals surface area contributed by atoms with Gasteiger partial charge < -0.3 is 5.11 Å². The van der Waals surface area contributed by atoms with Crippen LogP contribution in [-0.4, -0.2) is 29.2 Å². The normalized spacial score (nSPS) is 14.0. The Bertz CT molecular complexity index is 808. The van der Waals surface area contributed by atoms with Crippen molar-refractivity contribution in [3.8, 4) is 0 Å². The summed E-state index contributed by atoms with van der Waals surface area (Å²) in [5.41, 5.74) is 3.23. The number of hydrogen-bond acceptors (Lipinski definition) is 2. The maximum atomic E-state index is 11.4. The lowest BCUT2D eigenvalue weighted by atomic mass is 9.66. The van der Waals surface area contributed by atoms with Gasteiger partial charge in [-0.25, -0.2) is 0 Å². The summed E-state index contributed by atoms with van der Waals surface area (Å²) < 4.78 is 0. The molecule has 0 aliphatic rings. The molecule has 2 nitrogen and oxygen atoms in total. The number of rotatable bonds is 9. The quantitative estimate of drug-likeness (QED) is 0.512. The van der Waals surface area contributed by atoms with E-state index in [0.717, 1.165) is 13.0 Å². The van der Waals surface area contributed by atoms with Crippen LogP contribution in [0.2, 0.25) is 0 Å². The Hall–Kier alpha value is -2.42. The van der Waals surface area contributed by atoms with Gasteiger partial charge in [0.05, 0.1) is 6.10 Å². The molecule has 2 heteroatoms. The molecular weight excluding hydrogens is 354 g/mol. The number of hydrogen-bond donors (Lipinski definition) is 1. The molecule has 0 aliphatic heterocycles. The van der Waals surface area contributed by atoms with Crippen LogP contribution in [0.25, 0.3) is 0 Å². The molecule has 2 atom stereocenters. The number of benzene rings is 3. The van der Waals surface area contributed by atoms with Crippen LogP contribution in [0.1, 0.15) is 43.4 Å². The lowest BCUT2D eigenvalue weighted by Crippen LogP contribution is -2.46. The summed E-state index contributed by atoms with van der Waals surface area (Å²) in [5, 5.41) is 11.4. The van der Waals surface area contributed by atoms with Crippen molar-refractivity contribution in [1.82, 2.24) is 4.90 Å². The van der Waals surface area contributed by atoms with Crippen molar-refractivity contribution >= 4 is 0 Å². The Kier molecular flexibility index (Phi) is 7.24. The summed E-state index contributed by atoms with van der Waals surface area (Å²) in [7, 11) is 2.18. The van der Waals surface area contributed by atoms with E-state index in [-0.39, 0.29) is 6.04 Å². The molecule has 0 saturated carbocycles. The molecule has 0 bridgehead atoms. The third kappa shape index (κ3) is 4.77. The highest BCUT2D eigenvalue weighted by atomic mass is 16.3. The van der Waals surface area contributed by atoms with E-state index < -0.39 is 11.5 Å². The first kappa shape index (κ1) is 21.3. The molecular formula is C27H33NO. The van der Waals surface area contributed by atoms with Crippen molar-refractivity contribution in [2.75, 3.05) is 7.05 Å². The highest BCUT2D eigenvalue weighted by molar-refractivity contribution is 5.41. The maximum absolute atomic E-state index is 11.4. The molecule has 29 heavy (non-hydrogen) atoms. The van der Waals surface area contributed by atoms with Crippen LogP contribution >= 0.6 is 0 Å². The van der Waals surface area contributed by atoms with Gasteiger partial charge in [-0.1, -0.05) is 97.9 Å². The Morgan fingerprint density at radius 1 is 0.793 bits per heavy atom. The first-order valence-corrected chi connectivity index (χ1v) is 10.6. The molecule has 0 unspecified atom stereocenters. The van der Waals surface area contributed by atoms with Crippen LogP contribution in [-0.2, 0) is 12.0 Å². The zero-order valence-corrected chi connectivity index (χ0v) is 17.8. The summed E-state index contributed by atoms with van der Waals surface area (Å²) in [6, 6.07) is 31.9. The third-order valence-electron chi connectivity index (χ3n) is 6.18. The second kappa shape index (κ2) is 9.87. The molecule has 0 amide bonds. The molecule has 0 spiro atoms. The van der Waals surface area contributed by atoms with Gasteiger partial charge in [0.25, 0.3) is 0 Å². The highest BCUT2D eigenvalue weighted by Gasteiger charge is 2.42. The summed E-state index contributed by atoms with van der Waals surface area (Å²) in [5.74, 6) is 0. The molecule has 3 rings (SSSR count). The molecule has 3 aromatic carbocycles. The van der Waals surface area contributed by atoms with E-state index in [1.807, 2.05) is 12.1 Å². The zero-order chi connectivity index (χ0) is 20.7. The zero-order valence-electron chi connectivity index (χ0n) is 17.8. The van der Waals surface area contributed by atoms with E-state index in [1.165, 1.54) is 16.7 Å². The molecule has 152 valence electrons. The average molecular weight is 388 g/mol. The molecule has 1 N–H and O–H groups in total. The van der Waals surface area contributed by atoms with Crippen molar-refractivity contribution in [2.45, 2.75) is 50.8 Å². The van der Waals surface area contributed by atoms with Gasteiger partial charge in [0.1, 0.15) is 0 Å². The standard InChI is InChI=1S/C27H33NO/c1-4-26(29)27(24-16-10-6-11-17-24,25-18-12-7-13-19-25)20-22(2)28(3)21-23-14-8-5-9-15-23/h5-19,22,26,29H,4,20-21H2,1-3H3/t22-,26+/m1/s1. The van der Waals surface area contributed by atoms with E-state index in [9.17, 15) is 5.11 Å². The molecule has 0 saturated heterocycles. The summed E-state index contributed by atoms with van der Waals surface area (Å²) in [4.78, 5) is 2.39. The van der Waals surface area contributed by atoms with Crippen LogP contribution in [0.4, 0.5) is 0 Å². The Morgan fingerprint density at radius 2 is 1.24 bits per heavy atom. The lowest BCUT2D eigenvalue weighted by molar-refractivity contribution is 0.0728. The van der Waals surface area contributed by atoms with Gasteiger partial charge in [0.2, 0.25) is 0 Å².